The first kappa shape index (κ1) is 13.7. The van der Waals surface area contributed by atoms with Gasteiger partial charge in [-0.3, -0.25) is 0 Å². The van der Waals surface area contributed by atoms with Crippen molar-refractivity contribution in [2.75, 3.05) is 24.8 Å². The van der Waals surface area contributed by atoms with E-state index >= 15 is 0 Å². The molecule has 0 aliphatic rings. The Morgan fingerprint density at radius 1 is 1.26 bits per heavy atom. The fraction of sp³-hybridized carbons (Fsp3) is 0.385. The fourth-order valence-electron chi connectivity index (χ4n) is 1.69. The Morgan fingerprint density at radius 2 is 2.00 bits per heavy atom. The largest absolute Gasteiger partial charge is 0.378 e. The van der Waals surface area contributed by atoms with Crippen molar-refractivity contribution in [1.82, 2.24) is 14.9 Å². The highest BCUT2D eigenvalue weighted by Crippen LogP contribution is 2.26. The minimum Gasteiger partial charge on any atom is -0.378 e. The van der Waals surface area contributed by atoms with Gasteiger partial charge in [0.05, 0.1) is 0 Å². The number of rotatable bonds is 4. The lowest BCUT2D eigenvalue weighted by Gasteiger charge is -2.13. The molecule has 5 nitrogen and oxygen atoms in total. The predicted molar refractivity (Wildman–Crippen MR) is 80.9 cm³/mol. The second-order valence-electron chi connectivity index (χ2n) is 4.79. The molecule has 1 heterocycles. The lowest BCUT2D eigenvalue weighted by Crippen LogP contribution is -2.13. The van der Waals surface area contributed by atoms with E-state index in [4.69, 9.17) is 5.84 Å². The van der Waals surface area contributed by atoms with Crippen molar-refractivity contribution in [3.63, 3.8) is 0 Å². The molecular weight excluding hydrogens is 258 g/mol. The molecule has 2 rings (SSSR count). The van der Waals surface area contributed by atoms with Gasteiger partial charge in [-0.15, -0.1) is 10.2 Å². The van der Waals surface area contributed by atoms with Crippen LogP contribution in [0.25, 0.3) is 11.4 Å². The van der Waals surface area contributed by atoms with E-state index in [2.05, 4.69) is 30.1 Å². The first-order chi connectivity index (χ1) is 8.99. The van der Waals surface area contributed by atoms with Gasteiger partial charge in [0.2, 0.25) is 5.16 Å². The van der Waals surface area contributed by atoms with Gasteiger partial charge < -0.3 is 10.7 Å². The number of nitrogens with zero attached hydrogens (tertiary/aromatic N) is 4. The van der Waals surface area contributed by atoms with Gasteiger partial charge in [0.1, 0.15) is 0 Å². The minimum atomic E-state index is 0.424. The number of benzene rings is 1. The number of aromatic nitrogens is 3. The van der Waals surface area contributed by atoms with Gasteiger partial charge in [-0.05, 0) is 12.1 Å². The maximum absolute atomic E-state index is 6.07. The van der Waals surface area contributed by atoms with Crippen LogP contribution in [0, 0.1) is 0 Å². The average Bonchev–Trinajstić information content (AvgIpc) is 2.70. The van der Waals surface area contributed by atoms with Crippen molar-refractivity contribution >= 4 is 17.4 Å². The number of thioether (sulfide) groups is 1. The lowest BCUT2D eigenvalue weighted by molar-refractivity contribution is 0.844. The SMILES string of the molecule is CC(C)Sc1nnc(-c2cccc(N(C)C)c2)n1N. The third-order valence-electron chi connectivity index (χ3n) is 2.63. The highest BCUT2D eigenvalue weighted by Gasteiger charge is 2.13. The van der Waals surface area contributed by atoms with Crippen LogP contribution in [0.5, 0.6) is 0 Å². The number of nitrogens with two attached hydrogens (primary N) is 1. The van der Waals surface area contributed by atoms with Gasteiger partial charge in [0.25, 0.3) is 0 Å². The Balaban J connectivity index is 2.37. The molecule has 1 aromatic carbocycles. The summed E-state index contributed by atoms with van der Waals surface area (Å²) in [7, 11) is 4.01. The molecule has 0 saturated heterocycles. The average molecular weight is 277 g/mol. The summed E-state index contributed by atoms with van der Waals surface area (Å²) in [5.74, 6) is 6.75. The van der Waals surface area contributed by atoms with Crippen LogP contribution in [0.2, 0.25) is 0 Å². The molecule has 0 spiro atoms. The second-order valence-corrected chi connectivity index (χ2v) is 6.33. The van der Waals surface area contributed by atoms with Crippen LogP contribution >= 0.6 is 11.8 Å². The first-order valence-corrected chi connectivity index (χ1v) is 7.02. The molecule has 0 radical (unpaired) electrons. The van der Waals surface area contributed by atoms with E-state index in [0.29, 0.717) is 11.1 Å². The molecule has 2 aromatic rings. The van der Waals surface area contributed by atoms with Gasteiger partial charge >= 0.3 is 0 Å². The molecule has 0 amide bonds. The van der Waals surface area contributed by atoms with Crippen LogP contribution in [0.4, 0.5) is 5.69 Å². The Hall–Kier alpha value is -1.69. The number of nitrogen functional groups attached to an aromatic ring is 1. The van der Waals surface area contributed by atoms with E-state index in [1.165, 1.54) is 0 Å². The molecular formula is C13H19N5S. The van der Waals surface area contributed by atoms with E-state index in [0.717, 1.165) is 16.4 Å². The molecule has 0 aliphatic carbocycles. The third kappa shape index (κ3) is 3.01. The van der Waals surface area contributed by atoms with E-state index in [9.17, 15) is 0 Å². The highest BCUT2D eigenvalue weighted by molar-refractivity contribution is 7.99. The summed E-state index contributed by atoms with van der Waals surface area (Å²) in [6.45, 7) is 4.21. The summed E-state index contributed by atoms with van der Waals surface area (Å²) in [6, 6.07) is 8.08. The summed E-state index contributed by atoms with van der Waals surface area (Å²) in [6.07, 6.45) is 0. The van der Waals surface area contributed by atoms with Crippen molar-refractivity contribution in [3.05, 3.63) is 24.3 Å². The van der Waals surface area contributed by atoms with Crippen molar-refractivity contribution in [2.24, 2.45) is 0 Å². The van der Waals surface area contributed by atoms with Crippen LogP contribution < -0.4 is 10.7 Å². The van der Waals surface area contributed by atoms with Crippen molar-refractivity contribution < 1.29 is 0 Å². The Kier molecular flexibility index (Phi) is 3.99. The molecule has 0 saturated carbocycles. The first-order valence-electron chi connectivity index (χ1n) is 6.14. The molecule has 0 bridgehead atoms. The summed E-state index contributed by atoms with van der Waals surface area (Å²) in [5.41, 5.74) is 2.08. The van der Waals surface area contributed by atoms with Crippen molar-refractivity contribution in [3.8, 4) is 11.4 Å². The highest BCUT2D eigenvalue weighted by atomic mass is 32.2. The fourth-order valence-corrected chi connectivity index (χ4v) is 2.40. The summed E-state index contributed by atoms with van der Waals surface area (Å²) in [5, 5.41) is 9.49. The van der Waals surface area contributed by atoms with Crippen LogP contribution in [-0.4, -0.2) is 34.2 Å². The number of hydrogen-bond donors (Lipinski definition) is 1. The molecule has 0 unspecified atom stereocenters. The summed E-state index contributed by atoms with van der Waals surface area (Å²) < 4.78 is 1.56. The van der Waals surface area contributed by atoms with Gasteiger partial charge in [0.15, 0.2) is 5.82 Å². The molecule has 1 aromatic heterocycles. The van der Waals surface area contributed by atoms with Crippen molar-refractivity contribution in [1.29, 1.82) is 0 Å². The van der Waals surface area contributed by atoms with Crippen LogP contribution in [-0.2, 0) is 0 Å². The monoisotopic (exact) mass is 277 g/mol. The minimum absolute atomic E-state index is 0.424. The molecule has 0 aliphatic heterocycles. The standard InChI is InChI=1S/C13H19N5S/c1-9(2)19-13-16-15-12(18(13)14)10-6-5-7-11(8-10)17(3)4/h5-9H,14H2,1-4H3. The zero-order chi connectivity index (χ0) is 14.0. The molecule has 2 N–H and O–H groups in total. The van der Waals surface area contributed by atoms with Crippen molar-refractivity contribution in [2.45, 2.75) is 24.3 Å². The van der Waals surface area contributed by atoms with E-state index < -0.39 is 0 Å². The van der Waals surface area contributed by atoms with Gasteiger partial charge in [-0.1, -0.05) is 37.7 Å². The summed E-state index contributed by atoms with van der Waals surface area (Å²) in [4.78, 5) is 2.05. The molecule has 0 atom stereocenters. The molecule has 0 fully saturated rings. The van der Waals surface area contributed by atoms with E-state index in [1.807, 2.05) is 37.2 Å². The van der Waals surface area contributed by atoms with Crippen LogP contribution in [0.15, 0.2) is 29.4 Å². The van der Waals surface area contributed by atoms with Gasteiger partial charge in [-0.2, -0.15) is 0 Å². The zero-order valence-electron chi connectivity index (χ0n) is 11.7. The normalized spacial score (nSPS) is 11.0. The summed E-state index contributed by atoms with van der Waals surface area (Å²) >= 11 is 1.60. The smallest absolute Gasteiger partial charge is 0.210 e. The maximum Gasteiger partial charge on any atom is 0.210 e. The van der Waals surface area contributed by atoms with E-state index in [-0.39, 0.29) is 0 Å². The Bertz CT molecular complexity index is 562. The quantitative estimate of drug-likeness (QED) is 0.686. The van der Waals surface area contributed by atoms with Gasteiger partial charge in [-0.25, -0.2) is 4.68 Å². The second kappa shape index (κ2) is 5.52. The maximum atomic E-state index is 6.07. The predicted octanol–water partition coefficient (Wildman–Crippen LogP) is 2.23. The Morgan fingerprint density at radius 3 is 2.63 bits per heavy atom. The van der Waals surface area contributed by atoms with Crippen LogP contribution in [0.3, 0.4) is 0 Å². The van der Waals surface area contributed by atoms with Gasteiger partial charge in [0, 0.05) is 30.6 Å². The lowest BCUT2D eigenvalue weighted by atomic mass is 10.2. The topological polar surface area (TPSA) is 60.0 Å². The van der Waals surface area contributed by atoms with E-state index in [1.54, 1.807) is 16.4 Å². The molecule has 19 heavy (non-hydrogen) atoms. The molecule has 6 heteroatoms. The Labute approximate surface area is 117 Å². The van der Waals surface area contributed by atoms with Crippen LogP contribution in [0.1, 0.15) is 13.8 Å². The zero-order valence-corrected chi connectivity index (χ0v) is 12.5. The third-order valence-corrected chi connectivity index (χ3v) is 3.59. The number of anilines is 1. The number of hydrogen-bond acceptors (Lipinski definition) is 5. The molecule has 102 valence electrons.